The standard InChI is InChI=1S/C11H8F3NO/c12-8-6-9(13)11(15-10(8)14)16-7-4-2-1-3-5-7/h1-6,8,11H. The summed E-state index contributed by atoms with van der Waals surface area (Å²) in [5.41, 5.74) is 0. The fraction of sp³-hybridized carbons (Fsp3) is 0.182. The van der Waals surface area contributed by atoms with Crippen LogP contribution in [0.4, 0.5) is 13.2 Å². The average molecular weight is 227 g/mol. The van der Waals surface area contributed by atoms with Gasteiger partial charge in [-0.15, -0.1) is 0 Å². The monoisotopic (exact) mass is 227 g/mol. The fourth-order valence-corrected chi connectivity index (χ4v) is 1.25. The van der Waals surface area contributed by atoms with Crippen molar-refractivity contribution in [3.8, 4) is 5.75 Å². The van der Waals surface area contributed by atoms with E-state index >= 15 is 0 Å². The number of dihydropyridines is 1. The molecule has 0 N–H and O–H groups in total. The molecule has 2 unspecified atom stereocenters. The third-order valence-corrected chi connectivity index (χ3v) is 2.00. The third kappa shape index (κ3) is 2.24. The number of aliphatic imine (C=N–C) groups is 1. The largest absolute Gasteiger partial charge is 0.462 e. The molecule has 2 nitrogen and oxygen atoms in total. The summed E-state index contributed by atoms with van der Waals surface area (Å²) in [5, 5.41) is 0. The van der Waals surface area contributed by atoms with E-state index < -0.39 is 24.2 Å². The second kappa shape index (κ2) is 4.38. The Balaban J connectivity index is 2.14. The molecular formula is C11H8F3NO. The van der Waals surface area contributed by atoms with E-state index in [0.717, 1.165) is 0 Å². The van der Waals surface area contributed by atoms with E-state index in [0.29, 0.717) is 11.8 Å². The maximum absolute atomic E-state index is 13.2. The van der Waals surface area contributed by atoms with E-state index in [9.17, 15) is 13.2 Å². The third-order valence-electron chi connectivity index (χ3n) is 2.00. The zero-order valence-corrected chi connectivity index (χ0v) is 8.11. The molecule has 0 amide bonds. The van der Waals surface area contributed by atoms with E-state index in [1.165, 1.54) is 0 Å². The minimum Gasteiger partial charge on any atom is -0.462 e. The molecule has 0 bridgehead atoms. The number of hydrogen-bond donors (Lipinski definition) is 0. The summed E-state index contributed by atoms with van der Waals surface area (Å²) in [6, 6.07) is 8.25. The Morgan fingerprint density at radius 1 is 1.12 bits per heavy atom. The molecule has 1 aromatic carbocycles. The number of rotatable bonds is 2. The maximum Gasteiger partial charge on any atom is 0.244 e. The lowest BCUT2D eigenvalue weighted by atomic mass is 10.2. The molecule has 84 valence electrons. The molecular weight excluding hydrogens is 219 g/mol. The normalized spacial score (nSPS) is 24.7. The summed E-state index contributed by atoms with van der Waals surface area (Å²) in [6.07, 6.45) is -3.04. The SMILES string of the molecule is FC1=CC(F)C(F)=NC1Oc1ccccc1. The molecule has 2 atom stereocenters. The van der Waals surface area contributed by atoms with Crippen LogP contribution in [0.2, 0.25) is 0 Å². The van der Waals surface area contributed by atoms with E-state index in [1.54, 1.807) is 30.3 Å². The van der Waals surface area contributed by atoms with Crippen LogP contribution in [0.25, 0.3) is 0 Å². The van der Waals surface area contributed by atoms with Gasteiger partial charge in [0, 0.05) is 0 Å². The van der Waals surface area contributed by atoms with Crippen LogP contribution in [0, 0.1) is 0 Å². The Morgan fingerprint density at radius 3 is 2.50 bits per heavy atom. The number of allylic oxidation sites excluding steroid dienone is 1. The van der Waals surface area contributed by atoms with Crippen LogP contribution in [0.15, 0.2) is 47.2 Å². The van der Waals surface area contributed by atoms with Gasteiger partial charge in [-0.1, -0.05) is 18.2 Å². The van der Waals surface area contributed by atoms with E-state index in [2.05, 4.69) is 4.99 Å². The molecule has 1 aliphatic heterocycles. The van der Waals surface area contributed by atoms with Crippen molar-refractivity contribution in [3.05, 3.63) is 42.2 Å². The number of alkyl halides is 1. The number of benzene rings is 1. The lowest BCUT2D eigenvalue weighted by Gasteiger charge is -2.17. The maximum atomic E-state index is 13.2. The molecule has 0 aromatic heterocycles. The van der Waals surface area contributed by atoms with Crippen LogP contribution in [-0.4, -0.2) is 18.4 Å². The minimum absolute atomic E-state index is 0.338. The highest BCUT2D eigenvalue weighted by Crippen LogP contribution is 2.22. The van der Waals surface area contributed by atoms with Gasteiger partial charge >= 0.3 is 0 Å². The van der Waals surface area contributed by atoms with Gasteiger partial charge < -0.3 is 4.74 Å². The number of halogens is 3. The van der Waals surface area contributed by atoms with Crippen LogP contribution >= 0.6 is 0 Å². The lowest BCUT2D eigenvalue weighted by Crippen LogP contribution is -2.25. The highest BCUT2D eigenvalue weighted by Gasteiger charge is 2.27. The summed E-state index contributed by atoms with van der Waals surface area (Å²) in [4.78, 5) is 3.15. The highest BCUT2D eigenvalue weighted by molar-refractivity contribution is 5.82. The van der Waals surface area contributed by atoms with Crippen molar-refractivity contribution in [2.45, 2.75) is 12.4 Å². The molecule has 1 aromatic rings. The summed E-state index contributed by atoms with van der Waals surface area (Å²) in [6.45, 7) is 0. The van der Waals surface area contributed by atoms with Gasteiger partial charge in [0.05, 0.1) is 0 Å². The van der Waals surface area contributed by atoms with E-state index in [4.69, 9.17) is 4.74 Å². The first-order valence-corrected chi connectivity index (χ1v) is 4.63. The van der Waals surface area contributed by atoms with Gasteiger partial charge in [0.15, 0.2) is 12.0 Å². The average Bonchev–Trinajstić information content (AvgIpc) is 2.27. The topological polar surface area (TPSA) is 21.6 Å². The van der Waals surface area contributed by atoms with Crippen molar-refractivity contribution in [3.63, 3.8) is 0 Å². The van der Waals surface area contributed by atoms with E-state index in [1.807, 2.05) is 0 Å². The fourth-order valence-electron chi connectivity index (χ4n) is 1.25. The Kier molecular flexibility index (Phi) is 2.94. The van der Waals surface area contributed by atoms with Crippen molar-refractivity contribution in [1.29, 1.82) is 0 Å². The molecule has 16 heavy (non-hydrogen) atoms. The zero-order chi connectivity index (χ0) is 11.5. The minimum atomic E-state index is -2.12. The molecule has 0 saturated heterocycles. The van der Waals surface area contributed by atoms with Crippen molar-refractivity contribution < 1.29 is 17.9 Å². The van der Waals surface area contributed by atoms with Crippen LogP contribution in [0.5, 0.6) is 5.75 Å². The number of para-hydroxylation sites is 1. The molecule has 0 radical (unpaired) electrons. The van der Waals surface area contributed by atoms with Crippen molar-refractivity contribution in [1.82, 2.24) is 0 Å². The van der Waals surface area contributed by atoms with E-state index in [-0.39, 0.29) is 0 Å². The summed E-state index contributed by atoms with van der Waals surface area (Å²) in [5.74, 6) is -1.87. The van der Waals surface area contributed by atoms with Gasteiger partial charge in [-0.05, 0) is 18.2 Å². The van der Waals surface area contributed by atoms with Crippen LogP contribution in [-0.2, 0) is 0 Å². The van der Waals surface area contributed by atoms with Gasteiger partial charge in [0.1, 0.15) is 5.75 Å². The molecule has 0 aliphatic carbocycles. The summed E-state index contributed by atoms with van der Waals surface area (Å²) < 4.78 is 43.7. The smallest absolute Gasteiger partial charge is 0.244 e. The Hall–Kier alpha value is -1.78. The predicted molar refractivity (Wildman–Crippen MR) is 53.5 cm³/mol. The predicted octanol–water partition coefficient (Wildman–Crippen LogP) is 2.96. The first-order valence-electron chi connectivity index (χ1n) is 4.63. The first kappa shape index (κ1) is 10.7. The van der Waals surface area contributed by atoms with Gasteiger partial charge in [-0.2, -0.15) is 4.39 Å². The summed E-state index contributed by atoms with van der Waals surface area (Å²) in [7, 11) is 0. The lowest BCUT2D eigenvalue weighted by molar-refractivity contribution is 0.207. The van der Waals surface area contributed by atoms with Gasteiger partial charge in [-0.25, -0.2) is 13.8 Å². The van der Waals surface area contributed by atoms with Crippen LogP contribution < -0.4 is 4.74 Å². The van der Waals surface area contributed by atoms with Crippen LogP contribution in [0.3, 0.4) is 0 Å². The Bertz CT molecular complexity index is 430. The number of ether oxygens (including phenoxy) is 1. The van der Waals surface area contributed by atoms with Crippen LogP contribution in [0.1, 0.15) is 0 Å². The summed E-state index contributed by atoms with van der Waals surface area (Å²) >= 11 is 0. The first-order chi connectivity index (χ1) is 7.66. The molecule has 5 heteroatoms. The van der Waals surface area contributed by atoms with Gasteiger partial charge in [0.25, 0.3) is 0 Å². The molecule has 0 spiro atoms. The van der Waals surface area contributed by atoms with Crippen molar-refractivity contribution in [2.75, 3.05) is 0 Å². The molecule has 0 fully saturated rings. The quantitative estimate of drug-likeness (QED) is 0.761. The molecule has 1 heterocycles. The molecule has 2 rings (SSSR count). The number of hydrogen-bond acceptors (Lipinski definition) is 2. The zero-order valence-electron chi connectivity index (χ0n) is 8.11. The second-order valence-electron chi connectivity index (χ2n) is 3.19. The number of nitrogens with zero attached hydrogens (tertiary/aromatic N) is 1. The van der Waals surface area contributed by atoms with Gasteiger partial charge in [0.2, 0.25) is 12.2 Å². The van der Waals surface area contributed by atoms with Crippen molar-refractivity contribution in [2.24, 2.45) is 4.99 Å². The molecule has 0 saturated carbocycles. The van der Waals surface area contributed by atoms with Crippen molar-refractivity contribution >= 4 is 5.97 Å². The second-order valence-corrected chi connectivity index (χ2v) is 3.19. The Morgan fingerprint density at radius 2 is 1.81 bits per heavy atom. The Labute approximate surface area is 90.1 Å². The van der Waals surface area contributed by atoms with Gasteiger partial charge in [-0.3, -0.25) is 0 Å². The molecule has 1 aliphatic rings. The highest BCUT2D eigenvalue weighted by atomic mass is 19.2.